The minimum absolute atomic E-state index is 0.00104. The average molecular weight is 339 g/mol. The molecule has 0 atom stereocenters. The van der Waals surface area contributed by atoms with Crippen molar-refractivity contribution in [1.29, 1.82) is 0 Å². The quantitative estimate of drug-likeness (QED) is 0.324. The van der Waals surface area contributed by atoms with E-state index >= 15 is 0 Å². The molecule has 0 saturated heterocycles. The Bertz CT molecular complexity index is 931. The van der Waals surface area contributed by atoms with Gasteiger partial charge in [-0.1, -0.05) is 36.4 Å². The van der Waals surface area contributed by atoms with Crippen LogP contribution in [0.2, 0.25) is 0 Å². The van der Waals surface area contributed by atoms with Crippen molar-refractivity contribution in [2.45, 2.75) is 6.42 Å². The van der Waals surface area contributed by atoms with E-state index in [1.165, 1.54) is 11.3 Å². The molecule has 0 fully saturated rings. The number of hydroxylamine groups is 1. The smallest absolute Gasteiger partial charge is 0.284 e. The molecule has 0 spiro atoms. The Morgan fingerprint density at radius 1 is 1.00 bits per heavy atom. The molecule has 3 aromatic rings. The first kappa shape index (κ1) is 16.0. The van der Waals surface area contributed by atoms with E-state index < -0.39 is 17.5 Å². The molecule has 2 aromatic carbocycles. The monoisotopic (exact) mass is 339 g/mol. The number of ketones is 2. The zero-order valence-electron chi connectivity index (χ0n) is 12.5. The van der Waals surface area contributed by atoms with Crippen LogP contribution in [0.5, 0.6) is 0 Å². The normalized spacial score (nSPS) is 10.5. The average Bonchev–Trinajstić information content (AvgIpc) is 3.04. The zero-order valence-corrected chi connectivity index (χ0v) is 13.3. The predicted octanol–water partition coefficient (Wildman–Crippen LogP) is 3.01. The van der Waals surface area contributed by atoms with E-state index in [9.17, 15) is 14.4 Å². The van der Waals surface area contributed by atoms with Gasteiger partial charge in [0.15, 0.2) is 0 Å². The maximum Gasteiger partial charge on any atom is 0.284 e. The van der Waals surface area contributed by atoms with Gasteiger partial charge >= 0.3 is 0 Å². The highest BCUT2D eigenvalue weighted by molar-refractivity contribution is 7.20. The van der Waals surface area contributed by atoms with Crippen LogP contribution in [0, 0.1) is 0 Å². The van der Waals surface area contributed by atoms with Gasteiger partial charge in [0.25, 0.3) is 5.91 Å². The Morgan fingerprint density at radius 2 is 1.75 bits per heavy atom. The van der Waals surface area contributed by atoms with Crippen LogP contribution in [0.3, 0.4) is 0 Å². The summed E-state index contributed by atoms with van der Waals surface area (Å²) in [5.41, 5.74) is 2.67. The lowest BCUT2D eigenvalue weighted by Crippen LogP contribution is -2.16. The molecule has 5 nitrogen and oxygen atoms in total. The molecule has 0 aliphatic carbocycles. The molecule has 0 bridgehead atoms. The fourth-order valence-electron chi connectivity index (χ4n) is 2.39. The third-order valence-corrected chi connectivity index (χ3v) is 4.67. The minimum atomic E-state index is -0.576. The van der Waals surface area contributed by atoms with Crippen LogP contribution in [-0.4, -0.2) is 22.7 Å². The molecule has 3 rings (SSSR count). The van der Waals surface area contributed by atoms with Crippen LogP contribution < -0.4 is 5.48 Å². The first-order valence-corrected chi connectivity index (χ1v) is 7.99. The molecule has 24 heavy (non-hydrogen) atoms. The van der Waals surface area contributed by atoms with E-state index in [0.29, 0.717) is 16.0 Å². The fraction of sp³-hybridized carbons (Fsp3) is 0.0556. The van der Waals surface area contributed by atoms with E-state index in [1.54, 1.807) is 60.1 Å². The fourth-order valence-corrected chi connectivity index (χ4v) is 3.32. The zero-order chi connectivity index (χ0) is 17.1. The van der Waals surface area contributed by atoms with E-state index in [2.05, 4.69) is 0 Å². The number of thiophene rings is 1. The number of Topliss-reactive ketones (excluding diaryl/α,β-unsaturated/α-hetero) is 2. The highest BCUT2D eigenvalue weighted by Gasteiger charge is 2.17. The summed E-state index contributed by atoms with van der Waals surface area (Å²) in [6.45, 7) is 0. The summed E-state index contributed by atoms with van der Waals surface area (Å²) in [4.78, 5) is 36.1. The lowest BCUT2D eigenvalue weighted by Gasteiger charge is -2.01. The van der Waals surface area contributed by atoms with Crippen LogP contribution in [0.25, 0.3) is 10.1 Å². The van der Waals surface area contributed by atoms with Gasteiger partial charge in [-0.05, 0) is 29.1 Å². The number of benzene rings is 2. The van der Waals surface area contributed by atoms with Gasteiger partial charge in [-0.3, -0.25) is 19.6 Å². The topological polar surface area (TPSA) is 83.5 Å². The summed E-state index contributed by atoms with van der Waals surface area (Å²) in [5, 5.41) is 9.47. The Kier molecular flexibility index (Phi) is 4.50. The largest absolute Gasteiger partial charge is 0.290 e. The van der Waals surface area contributed by atoms with Crippen molar-refractivity contribution in [1.82, 2.24) is 5.48 Å². The van der Waals surface area contributed by atoms with Gasteiger partial charge in [-0.25, -0.2) is 5.48 Å². The van der Waals surface area contributed by atoms with Crippen molar-refractivity contribution in [3.05, 3.63) is 70.6 Å². The van der Waals surface area contributed by atoms with E-state index in [1.807, 2.05) is 0 Å². The molecule has 0 unspecified atom stereocenters. The number of nitrogens with one attached hydrogen (secondary N) is 1. The molecule has 120 valence electrons. The molecule has 1 aromatic heterocycles. The summed E-state index contributed by atoms with van der Waals surface area (Å²) in [6.07, 6.45) is 0.00104. The van der Waals surface area contributed by atoms with Gasteiger partial charge in [-0.2, -0.15) is 0 Å². The third-order valence-electron chi connectivity index (χ3n) is 3.56. The van der Waals surface area contributed by atoms with Crippen LogP contribution in [0.4, 0.5) is 0 Å². The van der Waals surface area contributed by atoms with Crippen LogP contribution in [0.15, 0.2) is 54.6 Å². The summed E-state index contributed by atoms with van der Waals surface area (Å²) in [7, 11) is 0. The van der Waals surface area contributed by atoms with E-state index in [-0.39, 0.29) is 6.42 Å². The number of carbonyl (C=O) groups is 3. The maximum absolute atomic E-state index is 12.2. The molecule has 0 aliphatic rings. The minimum Gasteiger partial charge on any atom is -0.290 e. The predicted molar refractivity (Wildman–Crippen MR) is 90.6 cm³/mol. The second-order valence-electron chi connectivity index (χ2n) is 5.22. The number of amides is 1. The Hall–Kier alpha value is -2.83. The summed E-state index contributed by atoms with van der Waals surface area (Å²) >= 11 is 1.24. The van der Waals surface area contributed by atoms with Gasteiger partial charge in [-0.15, -0.1) is 11.3 Å². The Labute approximate surface area is 141 Å². The first-order valence-electron chi connectivity index (χ1n) is 7.18. The van der Waals surface area contributed by atoms with Crippen LogP contribution >= 0.6 is 11.3 Å². The van der Waals surface area contributed by atoms with Gasteiger partial charge < -0.3 is 0 Å². The second kappa shape index (κ2) is 6.74. The van der Waals surface area contributed by atoms with Gasteiger partial charge in [0.2, 0.25) is 11.6 Å². The van der Waals surface area contributed by atoms with Crippen LogP contribution in [-0.2, 0) is 11.2 Å². The summed E-state index contributed by atoms with van der Waals surface area (Å²) in [6, 6.07) is 15.4. The van der Waals surface area contributed by atoms with Crippen molar-refractivity contribution >= 4 is 38.9 Å². The van der Waals surface area contributed by atoms with Crippen molar-refractivity contribution in [3.8, 4) is 0 Å². The molecule has 0 radical (unpaired) electrons. The van der Waals surface area contributed by atoms with Gasteiger partial charge in [0.1, 0.15) is 0 Å². The van der Waals surface area contributed by atoms with Crippen molar-refractivity contribution in [2.24, 2.45) is 0 Å². The van der Waals surface area contributed by atoms with Crippen molar-refractivity contribution in [2.75, 3.05) is 0 Å². The highest BCUT2D eigenvalue weighted by atomic mass is 32.1. The van der Waals surface area contributed by atoms with Gasteiger partial charge in [0, 0.05) is 16.7 Å². The number of hydrogen-bond donors (Lipinski definition) is 2. The molecule has 0 aliphatic heterocycles. The van der Waals surface area contributed by atoms with Crippen LogP contribution in [0.1, 0.15) is 25.6 Å². The molecule has 0 saturated carbocycles. The lowest BCUT2D eigenvalue weighted by molar-refractivity contribution is -0.114. The summed E-state index contributed by atoms with van der Waals surface area (Å²) in [5.74, 6) is -1.57. The SMILES string of the molecule is O=C(Cc1ccc2sc(C(=O)NO)cc2c1)C(=O)c1ccccc1. The molecule has 6 heteroatoms. The number of hydrogen-bond acceptors (Lipinski definition) is 5. The number of carbonyl (C=O) groups excluding carboxylic acids is 3. The summed E-state index contributed by atoms with van der Waals surface area (Å²) < 4.78 is 0.860. The number of rotatable bonds is 5. The second-order valence-corrected chi connectivity index (χ2v) is 6.30. The van der Waals surface area contributed by atoms with Crippen molar-refractivity contribution in [3.63, 3.8) is 0 Å². The lowest BCUT2D eigenvalue weighted by atomic mass is 10.0. The van der Waals surface area contributed by atoms with Crippen molar-refractivity contribution < 1.29 is 19.6 Å². The maximum atomic E-state index is 12.2. The molecule has 2 N–H and O–H groups in total. The third kappa shape index (κ3) is 3.24. The van der Waals surface area contributed by atoms with Gasteiger partial charge in [0.05, 0.1) is 4.88 Å². The number of fused-ring (bicyclic) bond motifs is 1. The van der Waals surface area contributed by atoms with E-state index in [4.69, 9.17) is 5.21 Å². The Morgan fingerprint density at radius 3 is 2.46 bits per heavy atom. The molecule has 1 amide bonds. The highest BCUT2D eigenvalue weighted by Crippen LogP contribution is 2.26. The molecule has 1 heterocycles. The molecular formula is C18H13NO4S. The molecular weight excluding hydrogens is 326 g/mol. The first-order chi connectivity index (χ1) is 11.6. The standard InChI is InChI=1S/C18H13NO4S/c20-14(17(21)12-4-2-1-3-5-12)9-11-6-7-15-13(8-11)10-16(24-15)18(22)19-23/h1-8,10,23H,9H2,(H,19,22). The van der Waals surface area contributed by atoms with E-state index in [0.717, 1.165) is 10.1 Å². The Balaban J connectivity index is 1.81.